The van der Waals surface area contributed by atoms with Gasteiger partial charge in [0.05, 0.1) is 11.3 Å². The lowest BCUT2D eigenvalue weighted by Crippen LogP contribution is -2.42. The number of nitrogens with one attached hydrogen (secondary N) is 2. The van der Waals surface area contributed by atoms with Crippen molar-refractivity contribution in [2.45, 2.75) is 39.5 Å². The molecule has 0 radical (unpaired) electrons. The van der Waals surface area contributed by atoms with Crippen molar-refractivity contribution in [2.24, 2.45) is 5.92 Å². The topological polar surface area (TPSA) is 58.2 Å². The lowest BCUT2D eigenvalue weighted by atomic mass is 9.90. The number of carbonyl (C=O) groups is 2. The number of thiophene rings is 1. The molecule has 2 amide bonds. The Labute approximate surface area is 146 Å². The molecule has 1 aliphatic rings. The summed E-state index contributed by atoms with van der Waals surface area (Å²) >= 11 is 1.54. The van der Waals surface area contributed by atoms with Gasteiger partial charge in [-0.25, -0.2) is 0 Å². The van der Waals surface area contributed by atoms with Crippen molar-refractivity contribution in [2.75, 3.05) is 0 Å². The number of carbonyl (C=O) groups excluding carboxylic acids is 2. The van der Waals surface area contributed by atoms with Crippen LogP contribution in [0.1, 0.15) is 44.6 Å². The minimum atomic E-state index is -0.237. The van der Waals surface area contributed by atoms with E-state index >= 15 is 0 Å². The second-order valence-corrected chi connectivity index (χ2v) is 7.71. The number of rotatable bonds is 3. The maximum absolute atomic E-state index is 12.2. The van der Waals surface area contributed by atoms with Crippen molar-refractivity contribution in [1.29, 1.82) is 0 Å². The lowest BCUT2D eigenvalue weighted by molar-refractivity contribution is -0.121. The molecular formula is C19H22N2O2S. The maximum atomic E-state index is 12.2. The maximum Gasteiger partial charge on any atom is 0.279 e. The predicted octanol–water partition coefficient (Wildman–Crippen LogP) is 3.19. The molecule has 24 heavy (non-hydrogen) atoms. The van der Waals surface area contributed by atoms with E-state index in [4.69, 9.17) is 0 Å². The monoisotopic (exact) mass is 342 g/mol. The molecule has 0 aliphatic heterocycles. The average Bonchev–Trinajstić information content (AvgIpc) is 2.98. The molecule has 0 saturated carbocycles. The summed E-state index contributed by atoms with van der Waals surface area (Å²) in [5.41, 5.74) is 8.39. The van der Waals surface area contributed by atoms with Gasteiger partial charge in [-0.15, -0.1) is 11.3 Å². The number of hydrogen-bond acceptors (Lipinski definition) is 3. The quantitative estimate of drug-likeness (QED) is 0.842. The van der Waals surface area contributed by atoms with Gasteiger partial charge in [0.15, 0.2) is 0 Å². The highest BCUT2D eigenvalue weighted by Crippen LogP contribution is 2.32. The Morgan fingerprint density at radius 1 is 1.21 bits per heavy atom. The van der Waals surface area contributed by atoms with Gasteiger partial charge in [-0.05, 0) is 49.3 Å². The molecule has 4 nitrogen and oxygen atoms in total. The van der Waals surface area contributed by atoms with E-state index < -0.39 is 0 Å². The molecule has 1 unspecified atom stereocenters. The van der Waals surface area contributed by atoms with Crippen LogP contribution in [0.2, 0.25) is 0 Å². The largest absolute Gasteiger partial charge is 0.279 e. The van der Waals surface area contributed by atoms with Gasteiger partial charge in [0.25, 0.3) is 5.91 Å². The van der Waals surface area contributed by atoms with Crippen LogP contribution in [0.5, 0.6) is 0 Å². The van der Waals surface area contributed by atoms with Gasteiger partial charge in [0.2, 0.25) is 5.91 Å². The summed E-state index contributed by atoms with van der Waals surface area (Å²) in [5.74, 6) is 0.221. The third kappa shape index (κ3) is 4.03. The minimum Gasteiger partial charge on any atom is -0.273 e. The fourth-order valence-corrected chi connectivity index (χ4v) is 4.04. The Balaban J connectivity index is 1.53. The standard InChI is InChI=1S/C19H22N2O2S/c1-12-3-6-14(7-4-12)10-18(22)20-21-19(23)17-11-15-9-13(2)5-8-16(15)24-17/h3-4,6-7,11,13H,5,8-10H2,1-2H3,(H,20,22)(H,21,23). The van der Waals surface area contributed by atoms with Crippen LogP contribution in [-0.2, 0) is 24.1 Å². The smallest absolute Gasteiger partial charge is 0.273 e. The molecular weight excluding hydrogens is 320 g/mol. The number of aryl methyl sites for hydroxylation is 2. The van der Waals surface area contributed by atoms with Gasteiger partial charge in [0, 0.05) is 4.88 Å². The van der Waals surface area contributed by atoms with Crippen LogP contribution in [0.4, 0.5) is 0 Å². The first-order chi connectivity index (χ1) is 11.5. The SMILES string of the molecule is Cc1ccc(CC(=O)NNC(=O)c2cc3c(s2)CCC(C)C3)cc1. The Morgan fingerprint density at radius 3 is 2.71 bits per heavy atom. The first-order valence-electron chi connectivity index (χ1n) is 8.27. The van der Waals surface area contributed by atoms with Gasteiger partial charge in [-0.1, -0.05) is 36.8 Å². The molecule has 1 aromatic heterocycles. The summed E-state index contributed by atoms with van der Waals surface area (Å²) in [4.78, 5) is 26.2. The highest BCUT2D eigenvalue weighted by Gasteiger charge is 2.20. The summed E-state index contributed by atoms with van der Waals surface area (Å²) in [6.07, 6.45) is 3.52. The first kappa shape index (κ1) is 16.7. The molecule has 1 atom stereocenters. The van der Waals surface area contributed by atoms with E-state index in [-0.39, 0.29) is 18.2 Å². The van der Waals surface area contributed by atoms with E-state index in [0.29, 0.717) is 10.8 Å². The van der Waals surface area contributed by atoms with E-state index in [0.717, 1.165) is 24.0 Å². The normalized spacial score (nSPS) is 16.3. The van der Waals surface area contributed by atoms with E-state index in [1.54, 1.807) is 0 Å². The van der Waals surface area contributed by atoms with Crippen LogP contribution >= 0.6 is 11.3 Å². The third-order valence-corrected chi connectivity index (χ3v) is 5.59. The van der Waals surface area contributed by atoms with Crippen molar-refractivity contribution in [3.8, 4) is 0 Å². The molecule has 0 bridgehead atoms. The van der Waals surface area contributed by atoms with E-state index in [9.17, 15) is 9.59 Å². The summed E-state index contributed by atoms with van der Waals surface area (Å²) in [7, 11) is 0. The van der Waals surface area contributed by atoms with Crippen LogP contribution in [0.3, 0.4) is 0 Å². The number of amides is 2. The van der Waals surface area contributed by atoms with Crippen molar-refractivity contribution in [1.82, 2.24) is 10.9 Å². The second kappa shape index (κ2) is 7.18. The Kier molecular flexibility index (Phi) is 5.00. The van der Waals surface area contributed by atoms with Gasteiger partial charge in [-0.3, -0.25) is 20.4 Å². The molecule has 1 aliphatic carbocycles. The van der Waals surface area contributed by atoms with Crippen molar-refractivity contribution in [3.63, 3.8) is 0 Å². The Hall–Kier alpha value is -2.14. The molecule has 1 aromatic carbocycles. The second-order valence-electron chi connectivity index (χ2n) is 6.57. The molecule has 2 aromatic rings. The molecule has 0 saturated heterocycles. The highest BCUT2D eigenvalue weighted by atomic mass is 32.1. The summed E-state index contributed by atoms with van der Waals surface area (Å²) < 4.78 is 0. The number of benzene rings is 1. The van der Waals surface area contributed by atoms with E-state index in [1.165, 1.54) is 28.2 Å². The predicted molar refractivity (Wildman–Crippen MR) is 96.0 cm³/mol. The summed E-state index contributed by atoms with van der Waals surface area (Å²) in [5, 5.41) is 0. The van der Waals surface area contributed by atoms with Crippen LogP contribution in [0.15, 0.2) is 30.3 Å². The average molecular weight is 342 g/mol. The molecule has 3 rings (SSSR count). The first-order valence-corrected chi connectivity index (χ1v) is 9.09. The van der Waals surface area contributed by atoms with Gasteiger partial charge < -0.3 is 0 Å². The zero-order valence-electron chi connectivity index (χ0n) is 14.0. The zero-order valence-corrected chi connectivity index (χ0v) is 14.8. The molecule has 5 heteroatoms. The fraction of sp³-hybridized carbons (Fsp3) is 0.368. The highest BCUT2D eigenvalue weighted by molar-refractivity contribution is 7.14. The van der Waals surface area contributed by atoms with Gasteiger partial charge in [-0.2, -0.15) is 0 Å². The van der Waals surface area contributed by atoms with Gasteiger partial charge >= 0.3 is 0 Å². The number of hydrazine groups is 1. The van der Waals surface area contributed by atoms with Crippen LogP contribution < -0.4 is 10.9 Å². The summed E-state index contributed by atoms with van der Waals surface area (Å²) in [6.45, 7) is 4.25. The molecule has 1 heterocycles. The summed E-state index contributed by atoms with van der Waals surface area (Å²) in [6, 6.07) is 9.75. The van der Waals surface area contributed by atoms with Crippen LogP contribution in [0, 0.1) is 12.8 Å². The number of hydrogen-bond donors (Lipinski definition) is 2. The Morgan fingerprint density at radius 2 is 1.96 bits per heavy atom. The van der Waals surface area contributed by atoms with E-state index in [1.807, 2.05) is 37.3 Å². The zero-order chi connectivity index (χ0) is 17.1. The Bertz CT molecular complexity index is 749. The van der Waals surface area contributed by atoms with Crippen molar-refractivity contribution in [3.05, 3.63) is 56.8 Å². The van der Waals surface area contributed by atoms with E-state index in [2.05, 4.69) is 17.8 Å². The van der Waals surface area contributed by atoms with Crippen molar-refractivity contribution < 1.29 is 9.59 Å². The fourth-order valence-electron chi connectivity index (χ4n) is 2.94. The molecule has 2 N–H and O–H groups in total. The lowest BCUT2D eigenvalue weighted by Gasteiger charge is -2.16. The van der Waals surface area contributed by atoms with Crippen LogP contribution in [0.25, 0.3) is 0 Å². The molecule has 126 valence electrons. The molecule has 0 fully saturated rings. The van der Waals surface area contributed by atoms with Crippen molar-refractivity contribution >= 4 is 23.2 Å². The third-order valence-electron chi connectivity index (χ3n) is 4.35. The minimum absolute atomic E-state index is 0.220. The molecule has 0 spiro atoms. The van der Waals surface area contributed by atoms with Gasteiger partial charge in [0.1, 0.15) is 0 Å². The number of fused-ring (bicyclic) bond motifs is 1. The van der Waals surface area contributed by atoms with Crippen LogP contribution in [-0.4, -0.2) is 11.8 Å².